The van der Waals surface area contributed by atoms with E-state index >= 15 is 0 Å². The van der Waals surface area contributed by atoms with Crippen LogP contribution in [0.2, 0.25) is 0 Å². The summed E-state index contributed by atoms with van der Waals surface area (Å²) < 4.78 is 41.5. The highest BCUT2D eigenvalue weighted by atomic mass is 79.9. The van der Waals surface area contributed by atoms with Crippen LogP contribution in [0.4, 0.5) is 13.2 Å². The van der Waals surface area contributed by atoms with Crippen LogP contribution in [0.15, 0.2) is 40.9 Å². The molecule has 0 aliphatic rings. The van der Waals surface area contributed by atoms with Gasteiger partial charge in [0.1, 0.15) is 17.5 Å². The highest BCUT2D eigenvalue weighted by Crippen LogP contribution is 2.21. The first kappa shape index (κ1) is 15.1. The average molecular weight is 344 g/mol. The number of halogens is 4. The normalized spacial score (nSPS) is 12.4. The Morgan fingerprint density at radius 2 is 1.70 bits per heavy atom. The van der Waals surface area contributed by atoms with E-state index in [9.17, 15) is 13.2 Å². The number of hydrogen-bond acceptors (Lipinski definition) is 1. The van der Waals surface area contributed by atoms with Gasteiger partial charge in [-0.15, -0.1) is 0 Å². The molecule has 0 bridgehead atoms. The predicted octanol–water partition coefficient (Wildman–Crippen LogP) is 4.72. The van der Waals surface area contributed by atoms with Crippen LogP contribution in [0, 0.1) is 17.5 Å². The van der Waals surface area contributed by atoms with Crippen LogP contribution in [0.5, 0.6) is 0 Å². The number of benzene rings is 2. The molecule has 1 unspecified atom stereocenters. The molecule has 1 N–H and O–H groups in total. The monoisotopic (exact) mass is 343 g/mol. The van der Waals surface area contributed by atoms with Crippen molar-refractivity contribution < 1.29 is 13.2 Å². The second-order valence-electron chi connectivity index (χ2n) is 4.47. The molecule has 0 aliphatic heterocycles. The molecule has 0 radical (unpaired) electrons. The van der Waals surface area contributed by atoms with Crippen LogP contribution in [0.25, 0.3) is 0 Å². The van der Waals surface area contributed by atoms with Crippen LogP contribution < -0.4 is 5.32 Å². The van der Waals surface area contributed by atoms with Crippen molar-refractivity contribution in [3.8, 4) is 0 Å². The first-order valence-corrected chi connectivity index (χ1v) is 6.89. The quantitative estimate of drug-likeness (QED) is 0.847. The zero-order chi connectivity index (χ0) is 14.7. The first-order chi connectivity index (χ1) is 9.49. The lowest BCUT2D eigenvalue weighted by molar-refractivity contribution is 0.481. The zero-order valence-corrected chi connectivity index (χ0v) is 12.3. The molecule has 0 spiro atoms. The lowest BCUT2D eigenvalue weighted by Gasteiger charge is -2.16. The van der Waals surface area contributed by atoms with Gasteiger partial charge in [0.2, 0.25) is 0 Å². The van der Waals surface area contributed by atoms with Gasteiger partial charge in [-0.2, -0.15) is 0 Å². The van der Waals surface area contributed by atoms with Crippen molar-refractivity contribution in [1.29, 1.82) is 0 Å². The minimum atomic E-state index is -0.611. The van der Waals surface area contributed by atoms with Gasteiger partial charge < -0.3 is 5.32 Å². The van der Waals surface area contributed by atoms with E-state index in [0.717, 1.165) is 4.47 Å². The lowest BCUT2D eigenvalue weighted by atomic mass is 10.1. The van der Waals surface area contributed by atoms with E-state index in [1.165, 1.54) is 24.3 Å². The van der Waals surface area contributed by atoms with Gasteiger partial charge in [-0.25, -0.2) is 13.2 Å². The second-order valence-corrected chi connectivity index (χ2v) is 5.39. The van der Waals surface area contributed by atoms with Crippen molar-refractivity contribution in [3.05, 3.63) is 69.4 Å². The Bertz CT molecular complexity index is 596. The van der Waals surface area contributed by atoms with E-state index in [-0.39, 0.29) is 17.9 Å². The van der Waals surface area contributed by atoms with E-state index in [1.807, 2.05) is 0 Å². The third kappa shape index (κ3) is 3.41. The Kier molecular flexibility index (Phi) is 4.83. The van der Waals surface area contributed by atoms with E-state index < -0.39 is 17.7 Å². The Morgan fingerprint density at radius 3 is 2.35 bits per heavy atom. The summed E-state index contributed by atoms with van der Waals surface area (Å²) >= 11 is 3.26. The van der Waals surface area contributed by atoms with Gasteiger partial charge in [0.05, 0.1) is 0 Å². The van der Waals surface area contributed by atoms with Gasteiger partial charge in [-0.05, 0) is 37.3 Å². The van der Waals surface area contributed by atoms with Crippen LogP contribution in [0.3, 0.4) is 0 Å². The molecule has 0 aromatic heterocycles. The van der Waals surface area contributed by atoms with Gasteiger partial charge in [0, 0.05) is 28.2 Å². The third-order valence-electron chi connectivity index (χ3n) is 3.04. The molecule has 20 heavy (non-hydrogen) atoms. The minimum Gasteiger partial charge on any atom is -0.306 e. The molecule has 2 aromatic rings. The van der Waals surface area contributed by atoms with Crippen molar-refractivity contribution in [1.82, 2.24) is 5.32 Å². The molecule has 5 heteroatoms. The van der Waals surface area contributed by atoms with Crippen molar-refractivity contribution in [2.24, 2.45) is 0 Å². The molecule has 0 saturated carbocycles. The van der Waals surface area contributed by atoms with Crippen molar-refractivity contribution in [3.63, 3.8) is 0 Å². The summed E-state index contributed by atoms with van der Waals surface area (Å²) in [6.45, 7) is 1.82. The molecule has 0 amide bonds. The van der Waals surface area contributed by atoms with Crippen LogP contribution in [-0.2, 0) is 6.54 Å². The molecule has 2 rings (SSSR count). The topological polar surface area (TPSA) is 12.0 Å². The fourth-order valence-electron chi connectivity index (χ4n) is 1.97. The van der Waals surface area contributed by atoms with Crippen LogP contribution in [-0.4, -0.2) is 0 Å². The molecule has 106 valence electrons. The second kappa shape index (κ2) is 6.41. The van der Waals surface area contributed by atoms with Crippen molar-refractivity contribution in [2.45, 2.75) is 19.5 Å². The summed E-state index contributed by atoms with van der Waals surface area (Å²) in [6.07, 6.45) is 0. The highest BCUT2D eigenvalue weighted by molar-refractivity contribution is 9.10. The van der Waals surface area contributed by atoms with Crippen molar-refractivity contribution in [2.75, 3.05) is 0 Å². The Balaban J connectivity index is 2.13. The molecular formula is C15H13BrF3N. The lowest BCUT2D eigenvalue weighted by Crippen LogP contribution is -2.21. The smallest absolute Gasteiger partial charge is 0.130 e. The predicted molar refractivity (Wildman–Crippen MR) is 75.7 cm³/mol. The molecule has 0 saturated heterocycles. The maximum Gasteiger partial charge on any atom is 0.130 e. The Morgan fingerprint density at radius 1 is 1.05 bits per heavy atom. The van der Waals surface area contributed by atoms with E-state index in [2.05, 4.69) is 21.2 Å². The van der Waals surface area contributed by atoms with Crippen LogP contribution >= 0.6 is 15.9 Å². The highest BCUT2D eigenvalue weighted by Gasteiger charge is 2.16. The Labute approximate surface area is 123 Å². The summed E-state index contributed by atoms with van der Waals surface area (Å²) in [4.78, 5) is 0. The van der Waals surface area contributed by atoms with Gasteiger partial charge in [-0.3, -0.25) is 0 Å². The molecular weight excluding hydrogens is 331 g/mol. The Hall–Kier alpha value is -1.33. The maximum absolute atomic E-state index is 13.6. The molecule has 0 heterocycles. The molecule has 0 aliphatic carbocycles. The molecule has 1 nitrogen and oxygen atoms in total. The van der Waals surface area contributed by atoms with Gasteiger partial charge in [0.25, 0.3) is 0 Å². The van der Waals surface area contributed by atoms with Gasteiger partial charge in [-0.1, -0.05) is 22.0 Å². The van der Waals surface area contributed by atoms with E-state index in [4.69, 9.17) is 0 Å². The summed E-state index contributed by atoms with van der Waals surface area (Å²) in [7, 11) is 0. The molecule has 2 aromatic carbocycles. The number of rotatable bonds is 4. The first-order valence-electron chi connectivity index (χ1n) is 6.10. The zero-order valence-electron chi connectivity index (χ0n) is 10.8. The maximum atomic E-state index is 13.6. The molecule has 0 fully saturated rings. The SMILES string of the molecule is CC(NCc1cc(Br)ccc1F)c1c(F)cccc1F. The average Bonchev–Trinajstić information content (AvgIpc) is 2.39. The third-order valence-corrected chi connectivity index (χ3v) is 3.53. The van der Waals surface area contributed by atoms with Crippen molar-refractivity contribution >= 4 is 15.9 Å². The van der Waals surface area contributed by atoms with E-state index in [1.54, 1.807) is 19.1 Å². The fraction of sp³-hybridized carbons (Fsp3) is 0.200. The van der Waals surface area contributed by atoms with Crippen LogP contribution in [0.1, 0.15) is 24.1 Å². The number of nitrogens with one attached hydrogen (secondary N) is 1. The van der Waals surface area contributed by atoms with Gasteiger partial charge >= 0.3 is 0 Å². The minimum absolute atomic E-state index is 0.0390. The summed E-state index contributed by atoms with van der Waals surface area (Å²) in [5.74, 6) is -1.58. The summed E-state index contributed by atoms with van der Waals surface area (Å²) in [5.41, 5.74) is 0.394. The largest absolute Gasteiger partial charge is 0.306 e. The summed E-state index contributed by atoms with van der Waals surface area (Å²) in [6, 6.07) is 7.73. The molecule has 1 atom stereocenters. The van der Waals surface area contributed by atoms with Gasteiger partial charge in [0.15, 0.2) is 0 Å². The summed E-state index contributed by atoms with van der Waals surface area (Å²) in [5, 5.41) is 2.92. The fourth-order valence-corrected chi connectivity index (χ4v) is 2.38. The number of hydrogen-bond donors (Lipinski definition) is 1. The van der Waals surface area contributed by atoms with E-state index in [0.29, 0.717) is 5.56 Å². The standard InChI is InChI=1S/C15H13BrF3N/c1-9(15-13(18)3-2-4-14(15)19)20-8-10-7-11(16)5-6-12(10)17/h2-7,9,20H,8H2,1H3.